The summed E-state index contributed by atoms with van der Waals surface area (Å²) in [5.74, 6) is -0.0343. The molecule has 3 rings (SSSR count). The van der Waals surface area contributed by atoms with Crippen LogP contribution in [0.25, 0.3) is 0 Å². The van der Waals surface area contributed by atoms with Crippen LogP contribution in [0.2, 0.25) is 0 Å². The van der Waals surface area contributed by atoms with E-state index in [1.54, 1.807) is 23.6 Å². The molecule has 0 radical (unpaired) electrons. The van der Waals surface area contributed by atoms with E-state index in [0.29, 0.717) is 38.5 Å². The molecule has 26 heavy (non-hydrogen) atoms. The predicted octanol–water partition coefficient (Wildman–Crippen LogP) is 1.83. The van der Waals surface area contributed by atoms with Gasteiger partial charge >= 0.3 is 0 Å². The lowest BCUT2D eigenvalue weighted by atomic mass is 10.1. The summed E-state index contributed by atoms with van der Waals surface area (Å²) >= 11 is 0. The van der Waals surface area contributed by atoms with E-state index in [0.717, 1.165) is 12.8 Å². The van der Waals surface area contributed by atoms with Gasteiger partial charge in [-0.1, -0.05) is 0 Å². The van der Waals surface area contributed by atoms with E-state index in [1.165, 1.54) is 24.3 Å². The maximum Gasteiger partial charge on any atom is 0.266 e. The standard InChI is InChI=1S/C19H25FN2O4/c1-19(2,26-15-7-5-14(20)6-8-15)18(24)22-11-9-21(10-12-22)17(23)16-4-3-13-25-16/h5-8,16H,3-4,9-13H2,1-2H3. The zero-order chi connectivity index (χ0) is 18.7. The Morgan fingerprint density at radius 2 is 1.73 bits per heavy atom. The molecule has 1 aromatic carbocycles. The summed E-state index contributed by atoms with van der Waals surface area (Å²) in [6, 6.07) is 5.60. The minimum absolute atomic E-state index is 0.0245. The van der Waals surface area contributed by atoms with Gasteiger partial charge in [-0.15, -0.1) is 0 Å². The normalized spacial score (nSPS) is 21.0. The van der Waals surface area contributed by atoms with Crippen LogP contribution in [0, 0.1) is 5.82 Å². The molecule has 2 saturated heterocycles. The molecule has 7 heteroatoms. The van der Waals surface area contributed by atoms with Crippen LogP contribution in [0.4, 0.5) is 4.39 Å². The topological polar surface area (TPSA) is 59.1 Å². The van der Waals surface area contributed by atoms with Gasteiger partial charge in [0.25, 0.3) is 11.8 Å². The summed E-state index contributed by atoms with van der Waals surface area (Å²) in [6.45, 7) is 5.96. The second-order valence-corrected chi connectivity index (χ2v) is 7.19. The first kappa shape index (κ1) is 18.6. The quantitative estimate of drug-likeness (QED) is 0.818. The molecule has 0 aromatic heterocycles. The lowest BCUT2D eigenvalue weighted by molar-refractivity contribution is -0.152. The Morgan fingerprint density at radius 1 is 1.12 bits per heavy atom. The minimum atomic E-state index is -1.07. The molecule has 2 aliphatic rings. The Balaban J connectivity index is 1.55. The number of amides is 2. The number of hydrogen-bond donors (Lipinski definition) is 0. The molecule has 6 nitrogen and oxygen atoms in total. The molecule has 2 heterocycles. The number of carbonyl (C=O) groups is 2. The van der Waals surface area contributed by atoms with E-state index in [1.807, 2.05) is 0 Å². The summed E-state index contributed by atoms with van der Waals surface area (Å²) in [6.07, 6.45) is 1.37. The monoisotopic (exact) mass is 364 g/mol. The molecule has 0 saturated carbocycles. The number of ether oxygens (including phenoxy) is 2. The first-order valence-electron chi connectivity index (χ1n) is 9.01. The molecule has 1 aromatic rings. The molecular weight excluding hydrogens is 339 g/mol. The van der Waals surface area contributed by atoms with Crippen LogP contribution in [0.3, 0.4) is 0 Å². The van der Waals surface area contributed by atoms with Crippen molar-refractivity contribution >= 4 is 11.8 Å². The molecule has 1 unspecified atom stereocenters. The van der Waals surface area contributed by atoms with Gasteiger partial charge in [0.05, 0.1) is 0 Å². The maximum atomic E-state index is 13.0. The Labute approximate surface area is 152 Å². The minimum Gasteiger partial charge on any atom is -0.478 e. The van der Waals surface area contributed by atoms with Gasteiger partial charge < -0.3 is 19.3 Å². The van der Waals surface area contributed by atoms with Gasteiger partial charge in [0.1, 0.15) is 17.7 Å². The van der Waals surface area contributed by atoms with Gasteiger partial charge in [-0.2, -0.15) is 0 Å². The molecule has 142 valence electrons. The number of rotatable bonds is 4. The molecule has 2 amide bonds. The highest BCUT2D eigenvalue weighted by Crippen LogP contribution is 2.22. The Morgan fingerprint density at radius 3 is 2.31 bits per heavy atom. The van der Waals surface area contributed by atoms with E-state index in [4.69, 9.17) is 9.47 Å². The fourth-order valence-corrected chi connectivity index (χ4v) is 3.33. The van der Waals surface area contributed by atoms with Crippen molar-refractivity contribution in [2.75, 3.05) is 32.8 Å². The zero-order valence-corrected chi connectivity index (χ0v) is 15.2. The smallest absolute Gasteiger partial charge is 0.266 e. The van der Waals surface area contributed by atoms with Gasteiger partial charge in [-0.25, -0.2) is 4.39 Å². The van der Waals surface area contributed by atoms with E-state index >= 15 is 0 Å². The first-order chi connectivity index (χ1) is 12.4. The summed E-state index contributed by atoms with van der Waals surface area (Å²) in [4.78, 5) is 28.7. The van der Waals surface area contributed by atoms with Crippen LogP contribution in [0.15, 0.2) is 24.3 Å². The van der Waals surface area contributed by atoms with Crippen molar-refractivity contribution in [3.63, 3.8) is 0 Å². The second-order valence-electron chi connectivity index (χ2n) is 7.19. The molecule has 0 aliphatic carbocycles. The van der Waals surface area contributed by atoms with Gasteiger partial charge in [0.2, 0.25) is 0 Å². The number of halogens is 1. The van der Waals surface area contributed by atoms with Crippen molar-refractivity contribution < 1.29 is 23.5 Å². The van der Waals surface area contributed by atoms with Crippen LogP contribution in [-0.2, 0) is 14.3 Å². The third-order valence-corrected chi connectivity index (χ3v) is 4.79. The second kappa shape index (κ2) is 7.61. The lowest BCUT2D eigenvalue weighted by Crippen LogP contribution is -2.57. The summed E-state index contributed by atoms with van der Waals surface area (Å²) in [5, 5.41) is 0. The molecule has 1 atom stereocenters. The van der Waals surface area contributed by atoms with Crippen molar-refractivity contribution in [2.24, 2.45) is 0 Å². The Hall–Kier alpha value is -2.15. The zero-order valence-electron chi connectivity index (χ0n) is 15.2. The van der Waals surface area contributed by atoms with Gasteiger partial charge in [-0.3, -0.25) is 9.59 Å². The van der Waals surface area contributed by atoms with E-state index in [9.17, 15) is 14.0 Å². The number of hydrogen-bond acceptors (Lipinski definition) is 4. The predicted molar refractivity (Wildman–Crippen MR) is 93.2 cm³/mol. The van der Waals surface area contributed by atoms with E-state index in [-0.39, 0.29) is 23.7 Å². The lowest BCUT2D eigenvalue weighted by Gasteiger charge is -2.39. The fraction of sp³-hybridized carbons (Fsp3) is 0.579. The first-order valence-corrected chi connectivity index (χ1v) is 9.01. The van der Waals surface area contributed by atoms with Crippen molar-refractivity contribution in [1.29, 1.82) is 0 Å². The number of carbonyl (C=O) groups excluding carboxylic acids is 2. The van der Waals surface area contributed by atoms with Crippen LogP contribution in [0.1, 0.15) is 26.7 Å². The van der Waals surface area contributed by atoms with Crippen molar-refractivity contribution in [1.82, 2.24) is 9.80 Å². The molecule has 0 spiro atoms. The number of benzene rings is 1. The van der Waals surface area contributed by atoms with Crippen LogP contribution in [-0.4, -0.2) is 66.1 Å². The summed E-state index contributed by atoms with van der Waals surface area (Å²) < 4.78 is 24.2. The third-order valence-electron chi connectivity index (χ3n) is 4.79. The van der Waals surface area contributed by atoms with Crippen LogP contribution in [0.5, 0.6) is 5.75 Å². The number of piperazine rings is 1. The molecular formula is C19H25FN2O4. The average Bonchev–Trinajstić information content (AvgIpc) is 3.17. The molecule has 0 N–H and O–H groups in total. The SMILES string of the molecule is CC(C)(Oc1ccc(F)cc1)C(=O)N1CCN(C(=O)C2CCCO2)CC1. The summed E-state index contributed by atoms with van der Waals surface area (Å²) in [7, 11) is 0. The molecule has 0 bridgehead atoms. The van der Waals surface area contributed by atoms with E-state index < -0.39 is 5.60 Å². The van der Waals surface area contributed by atoms with Crippen LogP contribution < -0.4 is 4.74 Å². The van der Waals surface area contributed by atoms with Crippen molar-refractivity contribution in [3.8, 4) is 5.75 Å². The highest BCUT2D eigenvalue weighted by atomic mass is 19.1. The van der Waals surface area contributed by atoms with Gasteiger partial charge in [0, 0.05) is 32.8 Å². The van der Waals surface area contributed by atoms with Crippen molar-refractivity contribution in [3.05, 3.63) is 30.1 Å². The van der Waals surface area contributed by atoms with E-state index in [2.05, 4.69) is 0 Å². The highest BCUT2D eigenvalue weighted by molar-refractivity contribution is 5.85. The summed E-state index contributed by atoms with van der Waals surface area (Å²) in [5.41, 5.74) is -1.07. The third kappa shape index (κ3) is 4.15. The molecule has 2 fully saturated rings. The maximum absolute atomic E-state index is 13.0. The van der Waals surface area contributed by atoms with Crippen molar-refractivity contribution in [2.45, 2.75) is 38.4 Å². The average molecular weight is 364 g/mol. The largest absolute Gasteiger partial charge is 0.478 e. The van der Waals surface area contributed by atoms with Crippen LogP contribution >= 0.6 is 0 Å². The van der Waals surface area contributed by atoms with Gasteiger partial charge in [-0.05, 0) is 51.0 Å². The fourth-order valence-electron chi connectivity index (χ4n) is 3.33. The molecule has 2 aliphatic heterocycles. The Kier molecular flexibility index (Phi) is 5.46. The Bertz CT molecular complexity index is 648. The van der Waals surface area contributed by atoms with Gasteiger partial charge in [0.15, 0.2) is 5.60 Å². The highest BCUT2D eigenvalue weighted by Gasteiger charge is 2.37. The number of nitrogens with zero attached hydrogens (tertiary/aromatic N) is 2.